The molecular weight excluding hydrogens is 621 g/mol. The van der Waals surface area contributed by atoms with Gasteiger partial charge in [-0.1, -0.05) is 35.9 Å². The van der Waals surface area contributed by atoms with Crippen molar-refractivity contribution in [2.24, 2.45) is 0 Å². The van der Waals surface area contributed by atoms with Crippen molar-refractivity contribution < 1.29 is 22.7 Å². The van der Waals surface area contributed by atoms with Crippen molar-refractivity contribution in [3.05, 3.63) is 112 Å². The number of hydrogen-bond donors (Lipinski definition) is 3. The highest BCUT2D eigenvalue weighted by Crippen LogP contribution is 2.36. The van der Waals surface area contributed by atoms with Crippen LogP contribution < -0.4 is 20.7 Å². The minimum Gasteiger partial charge on any atom is -0.456 e. The summed E-state index contributed by atoms with van der Waals surface area (Å²) in [5.41, 5.74) is 2.95. The summed E-state index contributed by atoms with van der Waals surface area (Å²) in [5, 5.41) is 18.5. The van der Waals surface area contributed by atoms with Gasteiger partial charge in [0, 0.05) is 17.8 Å². The molecule has 3 heterocycles. The van der Waals surface area contributed by atoms with Crippen molar-refractivity contribution in [2.45, 2.75) is 26.1 Å². The van der Waals surface area contributed by atoms with Crippen molar-refractivity contribution in [1.29, 1.82) is 0 Å². The molecule has 3 aromatic carbocycles. The van der Waals surface area contributed by atoms with Crippen LogP contribution in [0.2, 0.25) is 5.02 Å². The first kappa shape index (κ1) is 30.6. The van der Waals surface area contributed by atoms with E-state index < -0.39 is 11.7 Å². The van der Waals surface area contributed by atoms with E-state index in [1.807, 2.05) is 37.3 Å². The second-order valence-electron chi connectivity index (χ2n) is 10.3. The number of alkyl halides is 3. The molecule has 3 N–H and O–H groups in total. The molecular formula is C32H26ClF3N8O2. The lowest BCUT2D eigenvalue weighted by Crippen LogP contribution is -2.25. The summed E-state index contributed by atoms with van der Waals surface area (Å²) in [4.78, 5) is 23.5. The van der Waals surface area contributed by atoms with E-state index in [0.717, 1.165) is 17.8 Å². The molecule has 46 heavy (non-hydrogen) atoms. The minimum atomic E-state index is -4.50. The third kappa shape index (κ3) is 6.94. The first-order valence-corrected chi connectivity index (χ1v) is 14.5. The maximum Gasteiger partial charge on any atom is 0.416 e. The van der Waals surface area contributed by atoms with Gasteiger partial charge in [0.05, 0.1) is 34.1 Å². The topological polar surface area (TPSA) is 119 Å². The van der Waals surface area contributed by atoms with Gasteiger partial charge < -0.3 is 20.7 Å². The number of carbonyl (C=O) groups excluding carboxylic acids is 1. The van der Waals surface area contributed by atoms with Gasteiger partial charge in [-0.15, -0.1) is 0 Å². The summed E-state index contributed by atoms with van der Waals surface area (Å²) in [6.45, 7) is 2.50. The second-order valence-corrected chi connectivity index (χ2v) is 10.7. The van der Waals surface area contributed by atoms with E-state index in [0.29, 0.717) is 52.8 Å². The zero-order chi connectivity index (χ0) is 32.3. The van der Waals surface area contributed by atoms with Crippen LogP contribution in [0.15, 0.2) is 84.7 Å². The lowest BCUT2D eigenvalue weighted by molar-refractivity contribution is -0.137. The Morgan fingerprint density at radius 3 is 2.65 bits per heavy atom. The molecule has 0 atom stereocenters. The van der Waals surface area contributed by atoms with E-state index >= 15 is 0 Å². The number of aryl methyl sites for hydroxylation is 1. The standard InChI is InChI=1S/C32H26ClF3N8O2/c1-19-27(43-44(42-19)23-7-3-2-4-8-23)17-38-31(45)20-12-13-37-29-25(14-20)30(40-18-39-29)41-22-10-11-28(26(33)16-22)46-24-9-5-6-21(15-24)32(34,35)36/h2-11,14-16,18H,12-13,17H2,1H3,(H,38,45)(H2,37,39,40,41). The zero-order valence-corrected chi connectivity index (χ0v) is 25.0. The smallest absolute Gasteiger partial charge is 0.416 e. The summed E-state index contributed by atoms with van der Waals surface area (Å²) in [5.74, 6) is 0.855. The van der Waals surface area contributed by atoms with Crippen LogP contribution in [0.4, 0.5) is 30.5 Å². The number of fused-ring (bicyclic) bond motifs is 1. The largest absolute Gasteiger partial charge is 0.456 e. The van der Waals surface area contributed by atoms with Crippen molar-refractivity contribution >= 4 is 40.9 Å². The highest BCUT2D eigenvalue weighted by molar-refractivity contribution is 6.32. The quantitative estimate of drug-likeness (QED) is 0.164. The van der Waals surface area contributed by atoms with E-state index in [1.165, 1.54) is 29.3 Å². The van der Waals surface area contributed by atoms with Crippen molar-refractivity contribution in [3.63, 3.8) is 0 Å². The summed E-state index contributed by atoms with van der Waals surface area (Å²) in [6, 6.07) is 18.8. The average molecular weight is 647 g/mol. The number of benzene rings is 3. The molecule has 2 aromatic heterocycles. The fourth-order valence-corrected chi connectivity index (χ4v) is 4.92. The van der Waals surface area contributed by atoms with Gasteiger partial charge in [-0.05, 0) is 68.0 Å². The number of halogens is 4. The molecule has 1 aliphatic heterocycles. The summed E-state index contributed by atoms with van der Waals surface area (Å²) >= 11 is 6.43. The monoisotopic (exact) mass is 646 g/mol. The Morgan fingerprint density at radius 1 is 1.04 bits per heavy atom. The molecule has 0 unspecified atom stereocenters. The lowest BCUT2D eigenvalue weighted by atomic mass is 10.1. The molecule has 1 aliphatic rings. The molecule has 0 aliphatic carbocycles. The van der Waals surface area contributed by atoms with Crippen LogP contribution in [-0.4, -0.2) is 37.4 Å². The van der Waals surface area contributed by atoms with Gasteiger partial charge in [-0.3, -0.25) is 4.79 Å². The average Bonchev–Trinajstić information content (AvgIpc) is 3.27. The van der Waals surface area contributed by atoms with Crippen LogP contribution in [0.3, 0.4) is 0 Å². The summed E-state index contributed by atoms with van der Waals surface area (Å²) < 4.78 is 44.9. The van der Waals surface area contributed by atoms with E-state index in [9.17, 15) is 18.0 Å². The second kappa shape index (κ2) is 12.9. The SMILES string of the molecule is Cc1nn(-c2ccccc2)nc1CNC(=O)C1=Cc2c(ncnc2Nc2ccc(Oc3cccc(C(F)(F)F)c3)c(Cl)c2)NCC1. The lowest BCUT2D eigenvalue weighted by Gasteiger charge is -2.14. The van der Waals surface area contributed by atoms with E-state index in [-0.39, 0.29) is 29.0 Å². The van der Waals surface area contributed by atoms with Gasteiger partial charge in [0.1, 0.15) is 35.2 Å². The van der Waals surface area contributed by atoms with Crippen molar-refractivity contribution in [1.82, 2.24) is 30.3 Å². The highest BCUT2D eigenvalue weighted by atomic mass is 35.5. The molecule has 0 saturated carbocycles. The fourth-order valence-electron chi connectivity index (χ4n) is 4.70. The van der Waals surface area contributed by atoms with Crippen molar-refractivity contribution in [2.75, 3.05) is 17.2 Å². The summed E-state index contributed by atoms with van der Waals surface area (Å²) in [6.07, 6.45) is -0.948. The fraction of sp³-hybridized carbons (Fsp3) is 0.156. The number of nitrogens with one attached hydrogen (secondary N) is 3. The Bertz CT molecular complexity index is 1930. The molecule has 234 valence electrons. The number of nitrogens with zero attached hydrogens (tertiary/aromatic N) is 5. The molecule has 10 nitrogen and oxygen atoms in total. The number of rotatable bonds is 8. The number of hydrogen-bond acceptors (Lipinski definition) is 8. The van der Waals surface area contributed by atoms with E-state index in [2.05, 4.69) is 36.1 Å². The molecule has 0 spiro atoms. The van der Waals surface area contributed by atoms with Crippen molar-refractivity contribution in [3.8, 4) is 17.2 Å². The van der Waals surface area contributed by atoms with Gasteiger partial charge in [0.15, 0.2) is 0 Å². The zero-order valence-electron chi connectivity index (χ0n) is 24.3. The van der Waals surface area contributed by atoms with Gasteiger partial charge in [-0.25, -0.2) is 9.97 Å². The minimum absolute atomic E-state index is 0.00320. The normalized spacial score (nSPS) is 12.8. The maximum atomic E-state index is 13.3. The highest BCUT2D eigenvalue weighted by Gasteiger charge is 2.30. The van der Waals surface area contributed by atoms with E-state index in [1.54, 1.807) is 18.2 Å². The number of aromatic nitrogens is 5. The number of anilines is 3. The van der Waals surface area contributed by atoms with Crippen LogP contribution in [-0.2, 0) is 17.5 Å². The molecule has 5 aromatic rings. The van der Waals surface area contributed by atoms with Crippen LogP contribution in [0, 0.1) is 6.92 Å². The predicted molar refractivity (Wildman–Crippen MR) is 167 cm³/mol. The third-order valence-electron chi connectivity index (χ3n) is 7.05. The Labute approximate surface area is 266 Å². The molecule has 0 radical (unpaired) electrons. The molecule has 0 fully saturated rings. The van der Waals surface area contributed by atoms with Gasteiger partial charge in [0.25, 0.3) is 0 Å². The van der Waals surface area contributed by atoms with Gasteiger partial charge >= 0.3 is 6.18 Å². The Morgan fingerprint density at radius 2 is 1.87 bits per heavy atom. The Kier molecular flexibility index (Phi) is 8.57. The van der Waals surface area contributed by atoms with Gasteiger partial charge in [0.2, 0.25) is 5.91 Å². The predicted octanol–water partition coefficient (Wildman–Crippen LogP) is 7.09. The molecule has 1 amide bonds. The molecule has 6 rings (SSSR count). The molecule has 0 bridgehead atoms. The van der Waals surface area contributed by atoms with Crippen LogP contribution >= 0.6 is 11.6 Å². The molecule has 14 heteroatoms. The van der Waals surface area contributed by atoms with E-state index in [4.69, 9.17) is 16.3 Å². The number of amides is 1. The maximum absolute atomic E-state index is 13.3. The van der Waals surface area contributed by atoms with Crippen LogP contribution in [0.25, 0.3) is 11.8 Å². The van der Waals surface area contributed by atoms with Crippen LogP contribution in [0.5, 0.6) is 11.5 Å². The number of para-hydroxylation sites is 1. The summed E-state index contributed by atoms with van der Waals surface area (Å²) in [7, 11) is 0. The first-order chi connectivity index (χ1) is 22.1. The Hall–Kier alpha value is -5.43. The molecule has 0 saturated heterocycles. The third-order valence-corrected chi connectivity index (χ3v) is 7.34. The van der Waals surface area contributed by atoms with Gasteiger partial charge in [-0.2, -0.15) is 28.2 Å². The van der Waals surface area contributed by atoms with Crippen LogP contribution in [0.1, 0.15) is 28.9 Å². The Balaban J connectivity index is 1.17. The number of ether oxygens (including phenoxy) is 1. The number of carbonyl (C=O) groups is 1. The first-order valence-electron chi connectivity index (χ1n) is 14.1.